The lowest BCUT2D eigenvalue weighted by molar-refractivity contribution is -0.380. The van der Waals surface area contributed by atoms with E-state index in [0.717, 1.165) is 17.0 Å². The minimum atomic E-state index is -4.31. The number of nitrogens with one attached hydrogen (secondary N) is 1. The Balaban J connectivity index is 1.90. The van der Waals surface area contributed by atoms with Crippen LogP contribution in [0.1, 0.15) is 16.4 Å². The molecule has 3 aromatic rings. The highest BCUT2D eigenvalue weighted by Gasteiger charge is 2.33. The van der Waals surface area contributed by atoms with E-state index in [1.165, 1.54) is 41.9 Å². The first-order valence-corrected chi connectivity index (χ1v) is 13.5. The zero-order valence-electron chi connectivity index (χ0n) is 17.7. The minimum absolute atomic E-state index is 0.0784. The van der Waals surface area contributed by atoms with Crippen LogP contribution in [0.25, 0.3) is 0 Å². The zero-order valence-corrected chi connectivity index (χ0v) is 20.9. The molecule has 0 amide bonds. The molecule has 2 heterocycles. The molecule has 34 heavy (non-hydrogen) atoms. The number of nitrogens with zero attached hydrogens (tertiary/aromatic N) is 2. The number of aromatic amines is 1. The van der Waals surface area contributed by atoms with E-state index < -0.39 is 25.9 Å². The zero-order chi connectivity index (χ0) is 24.7. The molecular formula is C21H21Cl2N3O6S2. The summed E-state index contributed by atoms with van der Waals surface area (Å²) < 4.78 is 32.0. The quantitative estimate of drug-likeness (QED) is 0.155. The maximum Gasteiger partial charge on any atom is 0.327 e. The summed E-state index contributed by atoms with van der Waals surface area (Å²) in [6.45, 7) is 1.14. The van der Waals surface area contributed by atoms with Gasteiger partial charge in [0.05, 0.1) is 4.92 Å². The molecule has 0 radical (unpaired) electrons. The minimum Gasteiger partial charge on any atom is -0.382 e. The lowest BCUT2D eigenvalue weighted by atomic mass is 10.1. The molecule has 3 rings (SSSR count). The number of H-pyrrole nitrogens is 1. The van der Waals surface area contributed by atoms with Gasteiger partial charge in [-0.15, -0.1) is 23.2 Å². The van der Waals surface area contributed by atoms with E-state index >= 15 is 0 Å². The Kier molecular flexibility index (Phi) is 8.95. The molecule has 0 aliphatic rings. The molecule has 2 aromatic heterocycles. The molecule has 0 aliphatic heterocycles. The first-order chi connectivity index (χ1) is 16.2. The van der Waals surface area contributed by atoms with Crippen molar-refractivity contribution in [1.82, 2.24) is 4.98 Å². The van der Waals surface area contributed by atoms with Crippen LogP contribution in [0.4, 0.5) is 10.7 Å². The molecule has 1 atom stereocenters. The van der Waals surface area contributed by atoms with E-state index in [2.05, 4.69) is 4.98 Å². The maximum atomic E-state index is 13.3. The molecule has 9 nitrogen and oxygen atoms in total. The molecule has 0 fully saturated rings. The number of hydrogen-bond donors (Lipinski definition) is 1. The van der Waals surface area contributed by atoms with Gasteiger partial charge in [-0.1, -0.05) is 17.4 Å². The second-order valence-corrected chi connectivity index (χ2v) is 10.5. The fraction of sp³-hybridized carbons (Fsp3) is 0.286. The highest BCUT2D eigenvalue weighted by molar-refractivity contribution is 7.87. The summed E-state index contributed by atoms with van der Waals surface area (Å²) in [5.41, 5.74) is 0.895. The predicted molar refractivity (Wildman–Crippen MR) is 134 cm³/mol. The number of alkyl halides is 2. The van der Waals surface area contributed by atoms with E-state index in [0.29, 0.717) is 24.8 Å². The van der Waals surface area contributed by atoms with Gasteiger partial charge in [0.1, 0.15) is 11.0 Å². The molecule has 182 valence electrons. The number of nitro groups is 1. The van der Waals surface area contributed by atoms with Crippen molar-refractivity contribution in [3.05, 3.63) is 85.6 Å². The summed E-state index contributed by atoms with van der Waals surface area (Å²) in [4.78, 5) is 26.7. The topological polar surface area (TPSA) is 123 Å². The van der Waals surface area contributed by atoms with E-state index in [-0.39, 0.29) is 28.3 Å². The maximum absolute atomic E-state index is 13.3. The molecule has 0 aliphatic carbocycles. The van der Waals surface area contributed by atoms with Gasteiger partial charge in [-0.05, 0) is 41.3 Å². The Labute approximate surface area is 210 Å². The molecule has 0 bridgehead atoms. The van der Waals surface area contributed by atoms with Crippen LogP contribution in [-0.2, 0) is 16.5 Å². The molecule has 0 spiro atoms. The van der Waals surface area contributed by atoms with Crippen LogP contribution < -0.4 is 14.6 Å². The third kappa shape index (κ3) is 6.50. The number of thiophene rings is 1. The van der Waals surface area contributed by atoms with Gasteiger partial charge in [-0.2, -0.15) is 8.42 Å². The first kappa shape index (κ1) is 26.0. The summed E-state index contributed by atoms with van der Waals surface area (Å²) in [6, 6.07) is 10.5. The van der Waals surface area contributed by atoms with Crippen molar-refractivity contribution in [2.45, 2.75) is 11.7 Å². The summed E-state index contributed by atoms with van der Waals surface area (Å²) in [5, 5.41) is 11.4. The number of rotatable bonds is 12. The van der Waals surface area contributed by atoms with Crippen molar-refractivity contribution < 1.29 is 17.5 Å². The van der Waals surface area contributed by atoms with E-state index in [9.17, 15) is 23.3 Å². The Morgan fingerprint density at radius 2 is 1.76 bits per heavy atom. The van der Waals surface area contributed by atoms with Gasteiger partial charge in [0, 0.05) is 54.8 Å². The van der Waals surface area contributed by atoms with Crippen LogP contribution in [0.15, 0.2) is 58.8 Å². The van der Waals surface area contributed by atoms with Crippen LogP contribution in [0, 0.1) is 10.1 Å². The Morgan fingerprint density at radius 1 is 1.09 bits per heavy atom. The number of halogens is 2. The van der Waals surface area contributed by atoms with Crippen molar-refractivity contribution in [2.24, 2.45) is 0 Å². The number of hydrogen-bond acceptors (Lipinski definition) is 8. The van der Waals surface area contributed by atoms with Gasteiger partial charge >= 0.3 is 15.1 Å². The molecule has 0 saturated heterocycles. The lowest BCUT2D eigenvalue weighted by Crippen LogP contribution is -2.27. The Hall–Kier alpha value is -2.60. The van der Waals surface area contributed by atoms with Crippen molar-refractivity contribution in [2.75, 3.05) is 29.7 Å². The smallest absolute Gasteiger partial charge is 0.327 e. The van der Waals surface area contributed by atoms with Crippen LogP contribution in [0.2, 0.25) is 0 Å². The predicted octanol–water partition coefficient (Wildman–Crippen LogP) is 4.32. The molecular weight excluding hydrogens is 525 g/mol. The van der Waals surface area contributed by atoms with Crippen molar-refractivity contribution in [1.29, 1.82) is 0 Å². The lowest BCUT2D eigenvalue weighted by Gasteiger charge is -2.23. The summed E-state index contributed by atoms with van der Waals surface area (Å²) >= 11 is 12.6. The van der Waals surface area contributed by atoms with Crippen LogP contribution in [0.5, 0.6) is 5.75 Å². The third-order valence-electron chi connectivity index (χ3n) is 4.95. The highest BCUT2D eigenvalue weighted by atomic mass is 35.5. The van der Waals surface area contributed by atoms with Gasteiger partial charge in [0.15, 0.2) is 0 Å². The summed E-state index contributed by atoms with van der Waals surface area (Å²) in [5.74, 6) is 0.882. The number of pyridine rings is 1. The average Bonchev–Trinajstić information content (AvgIpc) is 3.27. The monoisotopic (exact) mass is 545 g/mol. The molecule has 1 N–H and O–H groups in total. The van der Waals surface area contributed by atoms with E-state index in [1.807, 2.05) is 4.90 Å². The highest BCUT2D eigenvalue weighted by Crippen LogP contribution is 2.34. The average molecular weight is 546 g/mol. The molecule has 13 heteroatoms. The molecule has 0 saturated carbocycles. The van der Waals surface area contributed by atoms with Gasteiger partial charge < -0.3 is 14.1 Å². The largest absolute Gasteiger partial charge is 0.382 e. The molecule has 1 aromatic carbocycles. The Bertz CT molecular complexity index is 1250. The normalized spacial score (nSPS) is 12.3. The first-order valence-electron chi connectivity index (χ1n) is 10.0. The van der Waals surface area contributed by atoms with Crippen LogP contribution >= 0.6 is 34.5 Å². The number of aromatic nitrogens is 1. The van der Waals surface area contributed by atoms with Gasteiger partial charge in [-0.25, -0.2) is 0 Å². The second kappa shape index (κ2) is 11.7. The fourth-order valence-electron chi connectivity index (χ4n) is 3.33. The Morgan fingerprint density at radius 3 is 2.32 bits per heavy atom. The summed E-state index contributed by atoms with van der Waals surface area (Å²) in [7, 11) is -4.31. The van der Waals surface area contributed by atoms with E-state index in [4.69, 9.17) is 27.4 Å². The van der Waals surface area contributed by atoms with Crippen LogP contribution in [-0.4, -0.2) is 43.2 Å². The van der Waals surface area contributed by atoms with E-state index in [1.54, 1.807) is 12.1 Å². The fourth-order valence-corrected chi connectivity index (χ4v) is 5.85. The van der Waals surface area contributed by atoms with Gasteiger partial charge in [0.2, 0.25) is 5.56 Å². The van der Waals surface area contributed by atoms with Gasteiger partial charge in [-0.3, -0.25) is 14.9 Å². The molecule has 1 unspecified atom stereocenters. The summed E-state index contributed by atoms with van der Waals surface area (Å²) in [6.07, 6.45) is 1.07. The van der Waals surface area contributed by atoms with Crippen molar-refractivity contribution in [3.63, 3.8) is 0 Å². The number of benzene rings is 1. The third-order valence-corrected chi connectivity index (χ3v) is 7.75. The van der Waals surface area contributed by atoms with Crippen molar-refractivity contribution in [3.8, 4) is 5.75 Å². The second-order valence-electron chi connectivity index (χ2n) is 7.12. The van der Waals surface area contributed by atoms with Crippen LogP contribution in [0.3, 0.4) is 0 Å². The van der Waals surface area contributed by atoms with Gasteiger partial charge in [0.25, 0.3) is 0 Å². The number of anilines is 1. The standard InChI is InChI=1S/C21H21Cl2N3O6S2/c22-8-10-25(11-9-23)17-2-4-18(5-3-17)32-34(30,31)19(16-1-6-20(27)24-14-16)13-15-7-12-33-21(15)26(28)29/h1-7,12,14,19H,8-11,13H2,(H,24,27). The SMILES string of the molecule is O=c1ccc(C(Cc2ccsc2[N+](=O)[O-])S(=O)(=O)Oc2ccc(N(CCCl)CCCl)cc2)c[nH]1. The van der Waals surface area contributed by atoms with Crippen molar-refractivity contribution >= 4 is 55.3 Å².